The quantitative estimate of drug-likeness (QED) is 0.339. The first-order chi connectivity index (χ1) is 16.5. The number of nitrogens with zero attached hydrogens (tertiary/aromatic N) is 2. The van der Waals surface area contributed by atoms with Gasteiger partial charge in [0, 0.05) is 23.1 Å². The summed E-state index contributed by atoms with van der Waals surface area (Å²) >= 11 is 0. The van der Waals surface area contributed by atoms with E-state index in [4.69, 9.17) is 14.8 Å². The summed E-state index contributed by atoms with van der Waals surface area (Å²) in [7, 11) is 0. The molecule has 170 valence electrons. The second-order valence-corrected chi connectivity index (χ2v) is 7.87. The minimum absolute atomic E-state index is 0.0518. The Bertz CT molecular complexity index is 1410. The normalized spacial score (nSPS) is 10.6. The molecule has 0 aliphatic rings. The summed E-state index contributed by atoms with van der Waals surface area (Å²) in [5.41, 5.74) is 6.15. The first-order valence-electron chi connectivity index (χ1n) is 11.1. The number of ether oxygens (including phenoxy) is 1. The molecule has 0 unspecified atom stereocenters. The van der Waals surface area contributed by atoms with Crippen molar-refractivity contribution in [3.8, 4) is 34.2 Å². The maximum absolute atomic E-state index is 11.0. The van der Waals surface area contributed by atoms with Gasteiger partial charge in [-0.3, -0.25) is 4.79 Å². The molecule has 4 aromatic rings. The van der Waals surface area contributed by atoms with Gasteiger partial charge in [-0.1, -0.05) is 54.6 Å². The Morgan fingerprint density at radius 1 is 1.09 bits per heavy atom. The molecule has 3 aromatic carbocycles. The molecule has 6 nitrogen and oxygen atoms in total. The maximum atomic E-state index is 11.0. The molecule has 1 aromatic heterocycles. The second-order valence-electron chi connectivity index (χ2n) is 7.87. The number of benzene rings is 3. The highest BCUT2D eigenvalue weighted by molar-refractivity contribution is 5.98. The van der Waals surface area contributed by atoms with Crippen LogP contribution >= 0.6 is 0 Å². The fourth-order valence-electron chi connectivity index (χ4n) is 4.08. The van der Waals surface area contributed by atoms with Crippen LogP contribution in [0, 0.1) is 18.3 Å². The van der Waals surface area contributed by atoms with Gasteiger partial charge in [0.2, 0.25) is 0 Å². The summed E-state index contributed by atoms with van der Waals surface area (Å²) in [5.74, 6) is -0.0769. The van der Waals surface area contributed by atoms with Crippen molar-refractivity contribution in [1.29, 1.82) is 5.26 Å². The number of aryl methyl sites for hydroxylation is 1. The lowest BCUT2D eigenvalue weighted by Crippen LogP contribution is -2.10. The molecule has 0 aliphatic carbocycles. The first kappa shape index (κ1) is 22.8. The molecule has 6 heteroatoms. The summed E-state index contributed by atoms with van der Waals surface area (Å²) in [6.07, 6.45) is -0.0518. The van der Waals surface area contributed by atoms with Gasteiger partial charge in [0.15, 0.2) is 0 Å². The smallest absolute Gasteiger partial charge is 0.305 e. The summed E-state index contributed by atoms with van der Waals surface area (Å²) in [6, 6.07) is 23.8. The molecule has 0 aliphatic heterocycles. The number of nitrogens with one attached hydrogen (secondary N) is 1. The summed E-state index contributed by atoms with van der Waals surface area (Å²) in [4.78, 5) is 15.9. The highest BCUT2D eigenvalue weighted by atomic mass is 16.5. The summed E-state index contributed by atoms with van der Waals surface area (Å²) in [5, 5.41) is 23.1. The van der Waals surface area contributed by atoms with E-state index in [0.29, 0.717) is 23.6 Å². The van der Waals surface area contributed by atoms with E-state index in [2.05, 4.69) is 17.5 Å². The van der Waals surface area contributed by atoms with E-state index in [1.807, 2.05) is 74.5 Å². The van der Waals surface area contributed by atoms with Crippen molar-refractivity contribution >= 4 is 22.6 Å². The zero-order chi connectivity index (χ0) is 24.1. The van der Waals surface area contributed by atoms with Crippen molar-refractivity contribution in [2.75, 3.05) is 18.5 Å². The average Bonchev–Trinajstić information content (AvgIpc) is 2.84. The third kappa shape index (κ3) is 4.55. The van der Waals surface area contributed by atoms with Gasteiger partial charge in [-0.15, -0.1) is 0 Å². The molecular weight excluding hydrogens is 426 g/mol. The number of fused-ring (bicyclic) bond motifs is 1. The van der Waals surface area contributed by atoms with Gasteiger partial charge >= 0.3 is 5.97 Å². The van der Waals surface area contributed by atoms with Gasteiger partial charge < -0.3 is 15.2 Å². The number of carboxylic acids is 1. The van der Waals surface area contributed by atoms with Crippen molar-refractivity contribution in [1.82, 2.24) is 4.98 Å². The number of carbonyl (C=O) groups is 1. The minimum Gasteiger partial charge on any atom is -0.493 e. The topological polar surface area (TPSA) is 95.2 Å². The molecule has 0 radical (unpaired) electrons. The molecule has 0 amide bonds. The Morgan fingerprint density at radius 3 is 2.59 bits per heavy atom. The van der Waals surface area contributed by atoms with Crippen LogP contribution < -0.4 is 10.1 Å². The maximum Gasteiger partial charge on any atom is 0.305 e. The Morgan fingerprint density at radius 2 is 1.85 bits per heavy atom. The fourth-order valence-corrected chi connectivity index (χ4v) is 4.08. The summed E-state index contributed by atoms with van der Waals surface area (Å²) < 4.78 is 5.80. The zero-order valence-electron chi connectivity index (χ0n) is 19.1. The fraction of sp³-hybridized carbons (Fsp3) is 0.179. The van der Waals surface area contributed by atoms with Crippen LogP contribution in [0.3, 0.4) is 0 Å². The number of aromatic nitrogens is 1. The predicted molar refractivity (Wildman–Crippen MR) is 134 cm³/mol. The summed E-state index contributed by atoms with van der Waals surface area (Å²) in [6.45, 7) is 4.75. The van der Waals surface area contributed by atoms with Crippen LogP contribution in [0.4, 0.5) is 5.69 Å². The molecule has 0 saturated carbocycles. The van der Waals surface area contributed by atoms with Crippen LogP contribution in [-0.4, -0.2) is 29.2 Å². The molecular formula is C28H25N3O3. The Kier molecular flexibility index (Phi) is 6.74. The third-order valence-electron chi connectivity index (χ3n) is 5.62. The van der Waals surface area contributed by atoms with Gasteiger partial charge in [0.1, 0.15) is 17.4 Å². The molecule has 1 heterocycles. The second kappa shape index (κ2) is 10.1. The lowest BCUT2D eigenvalue weighted by molar-refractivity contribution is -0.136. The van der Waals surface area contributed by atoms with Crippen molar-refractivity contribution in [2.45, 2.75) is 20.3 Å². The van der Waals surface area contributed by atoms with E-state index in [0.717, 1.165) is 38.9 Å². The number of pyridine rings is 1. The standard InChI is InChI=1S/C28H25N3O3/c1-3-34-25-11-7-5-8-21(25)19-12-13-20(18(2)16-19)28-23(17-29)27(30-15-14-26(32)33)22-9-4-6-10-24(22)31-28/h4-13,16H,3,14-15H2,1-2H3,(H,30,31)(H,32,33). The Hall–Kier alpha value is -4.37. The molecule has 2 N–H and O–H groups in total. The van der Waals surface area contributed by atoms with Crippen LogP contribution in [0.5, 0.6) is 5.75 Å². The number of carboxylic acid groups (broad SMARTS) is 1. The van der Waals surface area contributed by atoms with Crippen molar-refractivity contribution in [3.05, 3.63) is 77.9 Å². The van der Waals surface area contributed by atoms with Crippen LogP contribution in [0.2, 0.25) is 0 Å². The lowest BCUT2D eigenvalue weighted by Gasteiger charge is -2.17. The number of hydrogen-bond donors (Lipinski definition) is 2. The van der Waals surface area contributed by atoms with Crippen LogP contribution in [0.25, 0.3) is 33.3 Å². The van der Waals surface area contributed by atoms with E-state index < -0.39 is 5.97 Å². The van der Waals surface area contributed by atoms with E-state index in [1.54, 1.807) is 0 Å². The van der Waals surface area contributed by atoms with E-state index in [1.165, 1.54) is 0 Å². The number of rotatable bonds is 8. The molecule has 0 spiro atoms. The highest BCUT2D eigenvalue weighted by Crippen LogP contribution is 2.37. The van der Waals surface area contributed by atoms with Gasteiger partial charge in [-0.05, 0) is 37.1 Å². The van der Waals surface area contributed by atoms with E-state index >= 15 is 0 Å². The number of hydrogen-bond acceptors (Lipinski definition) is 5. The van der Waals surface area contributed by atoms with Gasteiger partial charge in [0.05, 0.1) is 29.9 Å². The number of nitriles is 1. The van der Waals surface area contributed by atoms with Gasteiger partial charge in [-0.25, -0.2) is 4.98 Å². The predicted octanol–water partition coefficient (Wildman–Crippen LogP) is 6.03. The molecule has 4 rings (SSSR count). The number of anilines is 1. The van der Waals surface area contributed by atoms with Crippen LogP contribution in [-0.2, 0) is 4.79 Å². The Labute approximate surface area is 198 Å². The molecule has 0 bridgehead atoms. The van der Waals surface area contributed by atoms with Crippen molar-refractivity contribution < 1.29 is 14.6 Å². The highest BCUT2D eigenvalue weighted by Gasteiger charge is 2.18. The largest absolute Gasteiger partial charge is 0.493 e. The first-order valence-corrected chi connectivity index (χ1v) is 11.1. The lowest BCUT2D eigenvalue weighted by atomic mass is 9.94. The van der Waals surface area contributed by atoms with Crippen molar-refractivity contribution in [3.63, 3.8) is 0 Å². The average molecular weight is 452 g/mol. The zero-order valence-corrected chi connectivity index (χ0v) is 19.1. The SMILES string of the molecule is CCOc1ccccc1-c1ccc(-c2nc3ccccc3c(NCCC(=O)O)c2C#N)c(C)c1. The van der Waals surface area contributed by atoms with Gasteiger partial charge in [0.25, 0.3) is 0 Å². The molecule has 0 fully saturated rings. The Balaban J connectivity index is 1.84. The number of para-hydroxylation sites is 2. The molecule has 0 atom stereocenters. The van der Waals surface area contributed by atoms with E-state index in [-0.39, 0.29) is 13.0 Å². The molecule has 34 heavy (non-hydrogen) atoms. The van der Waals surface area contributed by atoms with Crippen molar-refractivity contribution in [2.24, 2.45) is 0 Å². The monoisotopic (exact) mass is 451 g/mol. The third-order valence-corrected chi connectivity index (χ3v) is 5.62. The van der Waals surface area contributed by atoms with Crippen LogP contribution in [0.15, 0.2) is 66.7 Å². The molecule has 0 saturated heterocycles. The van der Waals surface area contributed by atoms with E-state index in [9.17, 15) is 10.1 Å². The van der Waals surface area contributed by atoms with Gasteiger partial charge in [-0.2, -0.15) is 5.26 Å². The van der Waals surface area contributed by atoms with Crippen LogP contribution in [0.1, 0.15) is 24.5 Å². The minimum atomic E-state index is -0.900. The number of aliphatic carboxylic acids is 1.